The Balaban J connectivity index is 1.72. The molecule has 2 atom stereocenters. The number of rotatable bonds is 6. The normalized spacial score (nSPS) is 18.2. The molecule has 1 saturated heterocycles. The van der Waals surface area contributed by atoms with E-state index < -0.39 is 0 Å². The van der Waals surface area contributed by atoms with Gasteiger partial charge in [0, 0.05) is 43.6 Å². The van der Waals surface area contributed by atoms with Crippen LogP contribution in [0, 0.1) is 6.92 Å². The van der Waals surface area contributed by atoms with Crippen molar-refractivity contribution in [3.8, 4) is 0 Å². The van der Waals surface area contributed by atoms with Crippen molar-refractivity contribution >= 4 is 34.6 Å². The molecule has 1 aliphatic heterocycles. The van der Waals surface area contributed by atoms with Crippen molar-refractivity contribution in [1.82, 2.24) is 14.9 Å². The zero-order valence-corrected chi connectivity index (χ0v) is 18.5. The fourth-order valence-corrected chi connectivity index (χ4v) is 4.32. The molecule has 31 heavy (non-hydrogen) atoms. The van der Waals surface area contributed by atoms with Gasteiger partial charge in [-0.2, -0.15) is 0 Å². The van der Waals surface area contributed by atoms with Gasteiger partial charge in [-0.05, 0) is 67.2 Å². The largest absolute Gasteiger partial charge is 0.375 e. The highest BCUT2D eigenvalue weighted by molar-refractivity contribution is 7.80. The van der Waals surface area contributed by atoms with Gasteiger partial charge in [0.15, 0.2) is 5.11 Å². The van der Waals surface area contributed by atoms with Crippen molar-refractivity contribution in [3.63, 3.8) is 0 Å². The van der Waals surface area contributed by atoms with Crippen LogP contribution in [0.4, 0.5) is 11.4 Å². The quantitative estimate of drug-likeness (QED) is 0.578. The number of anilines is 2. The van der Waals surface area contributed by atoms with E-state index in [1.165, 1.54) is 7.11 Å². The molecule has 0 radical (unpaired) electrons. The lowest BCUT2D eigenvalue weighted by Crippen LogP contribution is -2.30. The maximum absolute atomic E-state index is 11.9. The third-order valence-corrected chi connectivity index (χ3v) is 5.74. The van der Waals surface area contributed by atoms with Crippen LogP contribution in [-0.4, -0.2) is 34.3 Å². The highest BCUT2D eigenvalue weighted by Gasteiger charge is 2.41. The third-order valence-electron chi connectivity index (χ3n) is 5.42. The van der Waals surface area contributed by atoms with Crippen molar-refractivity contribution in [2.45, 2.75) is 19.0 Å². The van der Waals surface area contributed by atoms with Gasteiger partial charge in [-0.3, -0.25) is 9.78 Å². The van der Waals surface area contributed by atoms with Crippen LogP contribution < -0.4 is 15.5 Å². The Labute approximate surface area is 187 Å². The maximum atomic E-state index is 11.9. The molecular formula is C23H25N5O2S. The van der Waals surface area contributed by atoms with Crippen molar-refractivity contribution < 1.29 is 9.53 Å². The Hall–Kier alpha value is -3.23. The predicted molar refractivity (Wildman–Crippen MR) is 125 cm³/mol. The highest BCUT2D eigenvalue weighted by atomic mass is 32.1. The summed E-state index contributed by atoms with van der Waals surface area (Å²) >= 11 is 5.77. The number of pyridine rings is 1. The number of aromatic nitrogens is 2. The Bertz CT molecular complexity index is 1100. The van der Waals surface area contributed by atoms with Crippen molar-refractivity contribution in [2.75, 3.05) is 23.9 Å². The molecule has 1 amide bonds. The van der Waals surface area contributed by atoms with E-state index in [-0.39, 0.29) is 24.6 Å². The Morgan fingerprint density at radius 3 is 2.74 bits per heavy atom. The molecule has 1 fully saturated rings. The Kier molecular flexibility index (Phi) is 6.01. The van der Waals surface area contributed by atoms with Crippen LogP contribution in [0.1, 0.15) is 29.0 Å². The molecule has 3 aromatic rings. The highest BCUT2D eigenvalue weighted by Crippen LogP contribution is 2.42. The summed E-state index contributed by atoms with van der Waals surface area (Å²) in [4.78, 5) is 18.6. The lowest BCUT2D eigenvalue weighted by molar-refractivity contribution is -0.119. The Morgan fingerprint density at radius 1 is 1.26 bits per heavy atom. The molecule has 3 heterocycles. The van der Waals surface area contributed by atoms with Gasteiger partial charge in [-0.25, -0.2) is 0 Å². The van der Waals surface area contributed by atoms with E-state index in [1.54, 1.807) is 6.20 Å². The first-order valence-corrected chi connectivity index (χ1v) is 10.4. The predicted octanol–water partition coefficient (Wildman–Crippen LogP) is 3.49. The van der Waals surface area contributed by atoms with Crippen LogP contribution in [-0.2, 0) is 16.6 Å². The number of amides is 1. The average molecular weight is 436 g/mol. The fourth-order valence-electron chi connectivity index (χ4n) is 3.97. The van der Waals surface area contributed by atoms with E-state index >= 15 is 0 Å². The molecule has 0 aliphatic carbocycles. The van der Waals surface area contributed by atoms with Crippen molar-refractivity contribution in [1.29, 1.82) is 0 Å². The fraction of sp³-hybridized carbons (Fsp3) is 0.261. The number of benzene rings is 1. The zero-order valence-electron chi connectivity index (χ0n) is 17.7. The second kappa shape index (κ2) is 8.87. The number of nitrogens with zero attached hydrogens (tertiary/aromatic N) is 3. The van der Waals surface area contributed by atoms with Gasteiger partial charge >= 0.3 is 0 Å². The van der Waals surface area contributed by atoms with E-state index in [0.717, 1.165) is 28.3 Å². The first-order valence-electron chi connectivity index (χ1n) is 10.0. The summed E-state index contributed by atoms with van der Waals surface area (Å²) in [7, 11) is 3.53. The number of carbonyl (C=O) groups is 1. The number of hydrogen-bond acceptors (Lipinski definition) is 4. The molecule has 0 spiro atoms. The van der Waals surface area contributed by atoms with Crippen LogP contribution in [0.25, 0.3) is 0 Å². The van der Waals surface area contributed by atoms with Crippen LogP contribution in [0.5, 0.6) is 0 Å². The molecule has 4 rings (SSSR count). The molecule has 2 N–H and O–H groups in total. The first kappa shape index (κ1) is 21.0. The molecule has 0 saturated carbocycles. The molecule has 160 valence electrons. The van der Waals surface area contributed by atoms with Gasteiger partial charge in [0.05, 0.1) is 11.7 Å². The zero-order chi connectivity index (χ0) is 22.0. The number of nitrogens with one attached hydrogen (secondary N) is 2. The van der Waals surface area contributed by atoms with Gasteiger partial charge in [0.25, 0.3) is 0 Å². The lowest BCUT2D eigenvalue weighted by atomic mass is 10.0. The summed E-state index contributed by atoms with van der Waals surface area (Å²) in [5.41, 5.74) is 4.69. The molecule has 7 nitrogen and oxygen atoms in total. The standard InChI is InChI=1S/C23H25N5O2S/c1-15-13-16(9-10-17(15)25-20(29)14-30-3)28-22(19-8-6-12-27(19)2)21(26-23(28)31)18-7-4-5-11-24-18/h4-13,21-22H,14H2,1-3H3,(H,25,29)(H,26,31)/t21-,22-/m1/s1. The molecule has 0 unspecified atom stereocenters. The summed E-state index contributed by atoms with van der Waals surface area (Å²) in [6, 6.07) is 15.8. The number of aryl methyl sites for hydroxylation is 2. The number of ether oxygens (including phenoxy) is 1. The summed E-state index contributed by atoms with van der Waals surface area (Å²) in [6.07, 6.45) is 3.83. The van der Waals surface area contributed by atoms with Crippen LogP contribution >= 0.6 is 12.2 Å². The van der Waals surface area contributed by atoms with Gasteiger partial charge < -0.3 is 24.8 Å². The van der Waals surface area contributed by atoms with Crippen molar-refractivity contribution in [3.05, 3.63) is 77.9 Å². The van der Waals surface area contributed by atoms with Crippen LogP contribution in [0.3, 0.4) is 0 Å². The second-order valence-corrected chi connectivity index (χ2v) is 7.91. The number of hydrogen-bond donors (Lipinski definition) is 2. The Morgan fingerprint density at radius 2 is 2.10 bits per heavy atom. The minimum absolute atomic E-state index is 0.0165. The summed E-state index contributed by atoms with van der Waals surface area (Å²) < 4.78 is 7.01. The van der Waals surface area contributed by atoms with Crippen LogP contribution in [0.2, 0.25) is 0 Å². The SMILES string of the molecule is COCC(=O)Nc1ccc(N2C(=S)N[C@H](c3ccccn3)[C@H]2c2cccn2C)cc1C. The molecule has 1 aromatic carbocycles. The van der Waals surface area contributed by atoms with Crippen LogP contribution in [0.15, 0.2) is 60.9 Å². The monoisotopic (exact) mass is 435 g/mol. The van der Waals surface area contributed by atoms with E-state index in [1.807, 2.05) is 62.6 Å². The van der Waals surface area contributed by atoms with Crippen molar-refractivity contribution in [2.24, 2.45) is 7.05 Å². The molecule has 1 aliphatic rings. The number of thiocarbonyl (C=S) groups is 1. The van der Waals surface area contributed by atoms with E-state index in [0.29, 0.717) is 5.11 Å². The van der Waals surface area contributed by atoms with Gasteiger partial charge in [0.1, 0.15) is 12.6 Å². The molecule has 2 aromatic heterocycles. The summed E-state index contributed by atoms with van der Waals surface area (Å²) in [5, 5.41) is 6.98. The maximum Gasteiger partial charge on any atom is 0.250 e. The third kappa shape index (κ3) is 4.17. The van der Waals surface area contributed by atoms with E-state index in [2.05, 4.69) is 31.2 Å². The topological polar surface area (TPSA) is 71.4 Å². The summed E-state index contributed by atoms with van der Waals surface area (Å²) in [6.45, 7) is 1.98. The van der Waals surface area contributed by atoms with Gasteiger partial charge in [0.2, 0.25) is 5.91 Å². The van der Waals surface area contributed by atoms with Gasteiger partial charge in [-0.1, -0.05) is 6.07 Å². The smallest absolute Gasteiger partial charge is 0.250 e. The van der Waals surface area contributed by atoms with E-state index in [4.69, 9.17) is 17.0 Å². The van der Waals surface area contributed by atoms with Gasteiger partial charge in [-0.15, -0.1) is 0 Å². The number of methoxy groups -OCH3 is 1. The van der Waals surface area contributed by atoms with E-state index in [9.17, 15) is 4.79 Å². The molecule has 8 heteroatoms. The average Bonchev–Trinajstić information content (AvgIpc) is 3.32. The number of carbonyl (C=O) groups excluding carboxylic acids is 1. The second-order valence-electron chi connectivity index (χ2n) is 7.52. The minimum Gasteiger partial charge on any atom is -0.375 e. The first-order chi connectivity index (χ1) is 15.0. The minimum atomic E-state index is -0.186. The lowest BCUT2D eigenvalue weighted by Gasteiger charge is -2.29. The summed E-state index contributed by atoms with van der Waals surface area (Å²) in [5.74, 6) is -0.186. The molecule has 0 bridgehead atoms. The molecular weight excluding hydrogens is 410 g/mol.